The molecule has 0 bridgehead atoms. The first-order valence-corrected chi connectivity index (χ1v) is 6.25. The largest absolute Gasteiger partial charge is 0.496 e. The molecule has 5 heteroatoms. The summed E-state index contributed by atoms with van der Waals surface area (Å²) < 4.78 is 21.3. The van der Waals surface area contributed by atoms with Gasteiger partial charge in [-0.05, 0) is 18.1 Å². The van der Waals surface area contributed by atoms with Gasteiger partial charge in [-0.3, -0.25) is 0 Å². The fourth-order valence-electron chi connectivity index (χ4n) is 2.32. The van der Waals surface area contributed by atoms with Crippen LogP contribution >= 0.6 is 0 Å². The summed E-state index contributed by atoms with van der Waals surface area (Å²) in [5.74, 6) is 2.15. The Morgan fingerprint density at radius 1 is 1.05 bits per heavy atom. The molecule has 2 N–H and O–H groups in total. The summed E-state index contributed by atoms with van der Waals surface area (Å²) in [6, 6.07) is 3.80. The second-order valence-corrected chi connectivity index (χ2v) is 4.89. The van der Waals surface area contributed by atoms with Gasteiger partial charge in [0.1, 0.15) is 5.75 Å². The summed E-state index contributed by atoms with van der Waals surface area (Å²) in [4.78, 5) is 0. The maximum absolute atomic E-state index is 5.86. The summed E-state index contributed by atoms with van der Waals surface area (Å²) in [6.45, 7) is 1.99. The molecule has 0 spiro atoms. The Bertz CT molecular complexity index is 438. The van der Waals surface area contributed by atoms with Gasteiger partial charge < -0.3 is 24.7 Å². The molecule has 0 saturated carbocycles. The van der Waals surface area contributed by atoms with Crippen LogP contribution in [0.2, 0.25) is 0 Å². The van der Waals surface area contributed by atoms with Crippen molar-refractivity contribution in [1.82, 2.24) is 0 Å². The van der Waals surface area contributed by atoms with Crippen LogP contribution < -0.4 is 19.9 Å². The Hall–Kier alpha value is -1.46. The minimum atomic E-state index is 0.0207. The SMILES string of the molecule is COc1cc(OC)c(OC)cc1CC1(CN)COC1. The van der Waals surface area contributed by atoms with Crippen LogP contribution in [0, 0.1) is 5.41 Å². The number of rotatable bonds is 6. The second kappa shape index (κ2) is 5.67. The molecular weight excluding hydrogens is 246 g/mol. The smallest absolute Gasteiger partial charge is 0.164 e. The standard InChI is InChI=1S/C14H21NO4/c1-16-11-5-13(18-3)12(17-2)4-10(11)6-14(7-15)8-19-9-14/h4-5H,6-9,15H2,1-3H3. The normalized spacial score (nSPS) is 16.6. The number of hydrogen-bond acceptors (Lipinski definition) is 5. The molecular formula is C14H21NO4. The molecule has 1 aromatic rings. The van der Waals surface area contributed by atoms with Crippen LogP contribution in [-0.4, -0.2) is 41.1 Å². The molecule has 1 fully saturated rings. The van der Waals surface area contributed by atoms with Gasteiger partial charge in [-0.15, -0.1) is 0 Å². The minimum absolute atomic E-state index is 0.0207. The van der Waals surface area contributed by atoms with Crippen LogP contribution in [0.4, 0.5) is 0 Å². The van der Waals surface area contributed by atoms with E-state index in [1.165, 1.54) is 0 Å². The average Bonchev–Trinajstić information content (AvgIpc) is 2.41. The molecule has 106 valence electrons. The molecule has 0 aromatic heterocycles. The van der Waals surface area contributed by atoms with Crippen molar-refractivity contribution >= 4 is 0 Å². The highest BCUT2D eigenvalue weighted by molar-refractivity contribution is 5.51. The van der Waals surface area contributed by atoms with E-state index in [9.17, 15) is 0 Å². The number of nitrogens with two attached hydrogens (primary N) is 1. The first kappa shape index (κ1) is 14.0. The second-order valence-electron chi connectivity index (χ2n) is 4.89. The molecule has 1 aromatic carbocycles. The van der Waals surface area contributed by atoms with Crippen molar-refractivity contribution in [3.8, 4) is 17.2 Å². The van der Waals surface area contributed by atoms with Gasteiger partial charge in [0, 0.05) is 18.0 Å². The quantitative estimate of drug-likeness (QED) is 0.840. The molecule has 0 radical (unpaired) electrons. The van der Waals surface area contributed by atoms with Crippen molar-refractivity contribution in [2.24, 2.45) is 11.1 Å². The molecule has 1 aliphatic rings. The fourth-order valence-corrected chi connectivity index (χ4v) is 2.32. The van der Waals surface area contributed by atoms with Crippen molar-refractivity contribution in [3.05, 3.63) is 17.7 Å². The van der Waals surface area contributed by atoms with Gasteiger partial charge in [-0.25, -0.2) is 0 Å². The van der Waals surface area contributed by atoms with E-state index in [4.69, 9.17) is 24.7 Å². The van der Waals surface area contributed by atoms with Gasteiger partial charge in [0.25, 0.3) is 0 Å². The number of benzene rings is 1. The summed E-state index contributed by atoms with van der Waals surface area (Å²) in [7, 11) is 4.88. The van der Waals surface area contributed by atoms with Crippen molar-refractivity contribution in [1.29, 1.82) is 0 Å². The molecule has 1 saturated heterocycles. The van der Waals surface area contributed by atoms with Crippen LogP contribution in [0.5, 0.6) is 17.2 Å². The summed E-state index contributed by atoms with van der Waals surface area (Å²) >= 11 is 0. The number of hydrogen-bond donors (Lipinski definition) is 1. The van der Waals surface area contributed by atoms with E-state index in [1.54, 1.807) is 21.3 Å². The summed E-state index contributed by atoms with van der Waals surface area (Å²) in [5, 5.41) is 0. The summed E-state index contributed by atoms with van der Waals surface area (Å²) in [6.07, 6.45) is 0.813. The maximum atomic E-state index is 5.86. The third-order valence-corrected chi connectivity index (χ3v) is 3.60. The van der Waals surface area contributed by atoms with Crippen LogP contribution in [0.15, 0.2) is 12.1 Å². The predicted octanol–water partition coefficient (Wildman–Crippen LogP) is 1.23. The molecule has 0 aliphatic carbocycles. The highest BCUT2D eigenvalue weighted by atomic mass is 16.5. The van der Waals surface area contributed by atoms with E-state index in [-0.39, 0.29) is 5.41 Å². The van der Waals surface area contributed by atoms with Crippen molar-refractivity contribution < 1.29 is 18.9 Å². The van der Waals surface area contributed by atoms with Crippen LogP contribution in [0.25, 0.3) is 0 Å². The molecule has 1 heterocycles. The van der Waals surface area contributed by atoms with Crippen LogP contribution in [-0.2, 0) is 11.2 Å². The topological polar surface area (TPSA) is 62.9 Å². The molecule has 0 amide bonds. The fraction of sp³-hybridized carbons (Fsp3) is 0.571. The number of ether oxygens (including phenoxy) is 4. The monoisotopic (exact) mass is 267 g/mol. The highest BCUT2D eigenvalue weighted by Gasteiger charge is 2.38. The molecule has 2 rings (SSSR count). The minimum Gasteiger partial charge on any atom is -0.496 e. The van der Waals surface area contributed by atoms with E-state index in [1.807, 2.05) is 12.1 Å². The van der Waals surface area contributed by atoms with Gasteiger partial charge in [0.2, 0.25) is 0 Å². The van der Waals surface area contributed by atoms with Gasteiger partial charge in [-0.1, -0.05) is 0 Å². The van der Waals surface area contributed by atoms with Gasteiger partial charge >= 0.3 is 0 Å². The first-order chi connectivity index (χ1) is 9.18. The Labute approximate surface area is 113 Å². The van der Waals surface area contributed by atoms with Crippen LogP contribution in [0.3, 0.4) is 0 Å². The Morgan fingerprint density at radius 3 is 2.05 bits per heavy atom. The lowest BCUT2D eigenvalue weighted by Gasteiger charge is -2.41. The third-order valence-electron chi connectivity index (χ3n) is 3.60. The lowest BCUT2D eigenvalue weighted by atomic mass is 9.79. The Kier molecular flexibility index (Phi) is 4.17. The van der Waals surface area contributed by atoms with Gasteiger partial charge in [0.05, 0.1) is 34.5 Å². The van der Waals surface area contributed by atoms with E-state index in [2.05, 4.69) is 0 Å². The molecule has 0 unspecified atom stereocenters. The third kappa shape index (κ3) is 2.62. The first-order valence-electron chi connectivity index (χ1n) is 6.25. The highest BCUT2D eigenvalue weighted by Crippen LogP contribution is 2.39. The van der Waals surface area contributed by atoms with Crippen molar-refractivity contribution in [2.45, 2.75) is 6.42 Å². The van der Waals surface area contributed by atoms with Gasteiger partial charge in [-0.2, -0.15) is 0 Å². The summed E-state index contributed by atoms with van der Waals surface area (Å²) in [5.41, 5.74) is 6.94. The zero-order chi connectivity index (χ0) is 13.9. The Morgan fingerprint density at radius 2 is 1.63 bits per heavy atom. The lowest BCUT2D eigenvalue weighted by Crippen LogP contribution is -2.49. The zero-order valence-electron chi connectivity index (χ0n) is 11.7. The van der Waals surface area contributed by atoms with Gasteiger partial charge in [0.15, 0.2) is 11.5 Å². The average molecular weight is 267 g/mol. The molecule has 19 heavy (non-hydrogen) atoms. The number of methoxy groups -OCH3 is 3. The van der Waals surface area contributed by atoms with E-state index >= 15 is 0 Å². The molecule has 0 atom stereocenters. The zero-order valence-corrected chi connectivity index (χ0v) is 11.7. The van der Waals surface area contributed by atoms with E-state index in [0.29, 0.717) is 31.3 Å². The predicted molar refractivity (Wildman–Crippen MR) is 72.1 cm³/mol. The van der Waals surface area contributed by atoms with E-state index < -0.39 is 0 Å². The van der Waals surface area contributed by atoms with Crippen LogP contribution in [0.1, 0.15) is 5.56 Å². The van der Waals surface area contributed by atoms with Crippen molar-refractivity contribution in [3.63, 3.8) is 0 Å². The maximum Gasteiger partial charge on any atom is 0.164 e. The lowest BCUT2D eigenvalue weighted by molar-refractivity contribution is -0.106. The molecule has 1 aliphatic heterocycles. The molecule has 5 nitrogen and oxygen atoms in total. The van der Waals surface area contributed by atoms with E-state index in [0.717, 1.165) is 17.7 Å². The van der Waals surface area contributed by atoms with Crippen molar-refractivity contribution in [2.75, 3.05) is 41.1 Å². The Balaban J connectivity index is 2.32.